The topological polar surface area (TPSA) is 75.2 Å². The minimum atomic E-state index is -1.03. The van der Waals surface area contributed by atoms with Crippen molar-refractivity contribution in [3.8, 4) is 17.0 Å². The van der Waals surface area contributed by atoms with Gasteiger partial charge in [-0.1, -0.05) is 0 Å². The molecule has 0 aliphatic heterocycles. The number of aromatic nitrogens is 2. The lowest BCUT2D eigenvalue weighted by atomic mass is 9.99. The van der Waals surface area contributed by atoms with E-state index in [9.17, 15) is 4.79 Å². The van der Waals surface area contributed by atoms with Gasteiger partial charge in [-0.25, -0.2) is 4.79 Å². The van der Waals surface area contributed by atoms with E-state index in [1.807, 2.05) is 19.9 Å². The van der Waals surface area contributed by atoms with Crippen LogP contribution in [0.1, 0.15) is 21.6 Å². The first kappa shape index (κ1) is 13.6. The average molecular weight is 325 g/mol. The highest BCUT2D eigenvalue weighted by Gasteiger charge is 2.17. The summed E-state index contributed by atoms with van der Waals surface area (Å²) in [7, 11) is 1.61. The summed E-state index contributed by atoms with van der Waals surface area (Å²) in [5, 5.41) is 15.5. The molecular formula is C13H13BrN2O3. The number of H-pyrrole nitrogens is 1. The molecule has 0 saturated carbocycles. The lowest BCUT2D eigenvalue weighted by Crippen LogP contribution is -1.95. The molecule has 2 rings (SSSR count). The summed E-state index contributed by atoms with van der Waals surface area (Å²) in [6, 6.07) is 3.41. The van der Waals surface area contributed by atoms with Crippen molar-refractivity contribution in [3.05, 3.63) is 33.4 Å². The van der Waals surface area contributed by atoms with E-state index >= 15 is 0 Å². The van der Waals surface area contributed by atoms with Gasteiger partial charge in [0.25, 0.3) is 0 Å². The van der Waals surface area contributed by atoms with Crippen LogP contribution in [0.4, 0.5) is 0 Å². The fourth-order valence-corrected chi connectivity index (χ4v) is 2.50. The minimum Gasteiger partial charge on any atom is -0.496 e. The number of aromatic amines is 1. The van der Waals surface area contributed by atoms with Crippen molar-refractivity contribution in [1.82, 2.24) is 10.2 Å². The van der Waals surface area contributed by atoms with Gasteiger partial charge in [-0.3, -0.25) is 5.10 Å². The summed E-state index contributed by atoms with van der Waals surface area (Å²) in [6.07, 6.45) is 0. The number of hydrogen-bond donors (Lipinski definition) is 2. The maximum atomic E-state index is 10.9. The third-order valence-corrected chi connectivity index (χ3v) is 3.93. The molecule has 0 radical (unpaired) electrons. The standard InChI is InChI=1S/C13H13BrN2O3/c1-6-4-10(19-3)12(14)7(2)11(6)8-5-9(13(17)18)16-15-8/h4-5H,1-3H3,(H,15,16)(H,17,18). The van der Waals surface area contributed by atoms with Crippen molar-refractivity contribution in [3.63, 3.8) is 0 Å². The molecule has 1 aromatic carbocycles. The lowest BCUT2D eigenvalue weighted by molar-refractivity contribution is 0.0690. The van der Waals surface area contributed by atoms with Gasteiger partial charge in [0.2, 0.25) is 0 Å². The maximum absolute atomic E-state index is 10.9. The number of carboxylic acids is 1. The van der Waals surface area contributed by atoms with E-state index in [0.717, 1.165) is 26.9 Å². The van der Waals surface area contributed by atoms with Gasteiger partial charge in [0.1, 0.15) is 11.4 Å². The van der Waals surface area contributed by atoms with Crippen LogP contribution in [-0.4, -0.2) is 28.4 Å². The predicted molar refractivity (Wildman–Crippen MR) is 74.7 cm³/mol. The maximum Gasteiger partial charge on any atom is 0.353 e. The number of benzene rings is 1. The molecule has 6 heteroatoms. The normalized spacial score (nSPS) is 10.5. The molecule has 0 atom stereocenters. The summed E-state index contributed by atoms with van der Waals surface area (Å²) in [6.45, 7) is 3.87. The number of carbonyl (C=O) groups is 1. The van der Waals surface area contributed by atoms with Gasteiger partial charge >= 0.3 is 5.97 Å². The Bertz CT molecular complexity index is 650. The Hall–Kier alpha value is -1.82. The molecular weight excluding hydrogens is 312 g/mol. The van der Waals surface area contributed by atoms with Gasteiger partial charge in [0, 0.05) is 5.56 Å². The van der Waals surface area contributed by atoms with Gasteiger partial charge < -0.3 is 9.84 Å². The molecule has 0 saturated heterocycles. The summed E-state index contributed by atoms with van der Waals surface area (Å²) in [4.78, 5) is 10.9. The smallest absolute Gasteiger partial charge is 0.353 e. The Morgan fingerprint density at radius 3 is 2.63 bits per heavy atom. The molecule has 1 heterocycles. The molecule has 0 aliphatic carbocycles. The summed E-state index contributed by atoms with van der Waals surface area (Å²) in [5.41, 5.74) is 3.51. The van der Waals surface area contributed by atoms with Crippen molar-refractivity contribution >= 4 is 21.9 Å². The highest BCUT2D eigenvalue weighted by Crippen LogP contribution is 2.37. The monoisotopic (exact) mass is 324 g/mol. The summed E-state index contributed by atoms with van der Waals surface area (Å²) < 4.78 is 6.11. The van der Waals surface area contributed by atoms with Crippen molar-refractivity contribution < 1.29 is 14.6 Å². The molecule has 2 N–H and O–H groups in total. The van der Waals surface area contributed by atoms with Crippen molar-refractivity contribution in [2.75, 3.05) is 7.11 Å². The molecule has 2 aromatic rings. The number of aryl methyl sites for hydroxylation is 1. The van der Waals surface area contributed by atoms with Crippen LogP contribution in [0.5, 0.6) is 5.75 Å². The third-order valence-electron chi connectivity index (χ3n) is 2.95. The van der Waals surface area contributed by atoms with E-state index in [-0.39, 0.29) is 5.69 Å². The van der Waals surface area contributed by atoms with Crippen LogP contribution in [-0.2, 0) is 0 Å². The molecule has 1 aromatic heterocycles. The molecule has 0 spiro atoms. The second kappa shape index (κ2) is 5.05. The van der Waals surface area contributed by atoms with E-state index in [1.54, 1.807) is 7.11 Å². The number of aromatic carboxylic acids is 1. The van der Waals surface area contributed by atoms with Crippen LogP contribution in [0, 0.1) is 13.8 Å². The number of nitrogens with one attached hydrogen (secondary N) is 1. The average Bonchev–Trinajstić information content (AvgIpc) is 2.83. The fraction of sp³-hybridized carbons (Fsp3) is 0.231. The van der Waals surface area contributed by atoms with E-state index in [1.165, 1.54) is 6.07 Å². The number of methoxy groups -OCH3 is 1. The summed E-state index contributed by atoms with van der Waals surface area (Å²) >= 11 is 3.48. The highest BCUT2D eigenvalue weighted by molar-refractivity contribution is 9.10. The van der Waals surface area contributed by atoms with Crippen molar-refractivity contribution in [2.45, 2.75) is 13.8 Å². The minimum absolute atomic E-state index is 0.0701. The SMILES string of the molecule is COc1cc(C)c(-c2cc(C(=O)O)[nH]n2)c(C)c1Br. The van der Waals surface area contributed by atoms with Crippen molar-refractivity contribution in [2.24, 2.45) is 0 Å². The van der Waals surface area contributed by atoms with Crippen LogP contribution >= 0.6 is 15.9 Å². The lowest BCUT2D eigenvalue weighted by Gasteiger charge is -2.13. The van der Waals surface area contributed by atoms with E-state index < -0.39 is 5.97 Å². The predicted octanol–water partition coefficient (Wildman–Crippen LogP) is 3.16. The second-order valence-corrected chi connectivity index (χ2v) is 4.97. The molecule has 0 aliphatic rings. The van der Waals surface area contributed by atoms with Crippen LogP contribution in [0.25, 0.3) is 11.3 Å². The zero-order chi connectivity index (χ0) is 14.2. The van der Waals surface area contributed by atoms with Gasteiger partial charge in [0.05, 0.1) is 17.3 Å². The molecule has 19 heavy (non-hydrogen) atoms. The number of ether oxygens (including phenoxy) is 1. The Balaban J connectivity index is 2.61. The number of rotatable bonds is 3. The Labute approximate surface area is 118 Å². The number of hydrogen-bond acceptors (Lipinski definition) is 3. The van der Waals surface area contributed by atoms with Crippen LogP contribution in [0.2, 0.25) is 0 Å². The van der Waals surface area contributed by atoms with Gasteiger partial charge in [0.15, 0.2) is 0 Å². The Morgan fingerprint density at radius 1 is 1.42 bits per heavy atom. The molecule has 0 unspecified atom stereocenters. The molecule has 0 bridgehead atoms. The largest absolute Gasteiger partial charge is 0.496 e. The van der Waals surface area contributed by atoms with Crippen molar-refractivity contribution in [1.29, 1.82) is 0 Å². The van der Waals surface area contributed by atoms with Crippen LogP contribution in [0.15, 0.2) is 16.6 Å². The quantitative estimate of drug-likeness (QED) is 0.909. The first-order chi connectivity index (χ1) is 8.95. The van der Waals surface area contributed by atoms with E-state index in [2.05, 4.69) is 26.1 Å². The Morgan fingerprint density at radius 2 is 2.11 bits per heavy atom. The van der Waals surface area contributed by atoms with Crippen LogP contribution in [0.3, 0.4) is 0 Å². The van der Waals surface area contributed by atoms with E-state index in [4.69, 9.17) is 9.84 Å². The summed E-state index contributed by atoms with van der Waals surface area (Å²) in [5.74, 6) is -0.283. The van der Waals surface area contributed by atoms with Crippen LogP contribution < -0.4 is 4.74 Å². The first-order valence-electron chi connectivity index (χ1n) is 5.58. The molecule has 100 valence electrons. The molecule has 0 fully saturated rings. The second-order valence-electron chi connectivity index (χ2n) is 4.18. The number of carboxylic acid groups (broad SMARTS) is 1. The number of nitrogens with zero attached hydrogens (tertiary/aromatic N) is 1. The molecule has 5 nitrogen and oxygen atoms in total. The van der Waals surface area contributed by atoms with Gasteiger partial charge in [-0.05, 0) is 53.0 Å². The third kappa shape index (κ3) is 2.35. The Kier molecular flexibility index (Phi) is 3.61. The molecule has 0 amide bonds. The highest BCUT2D eigenvalue weighted by atomic mass is 79.9. The van der Waals surface area contributed by atoms with Gasteiger partial charge in [-0.15, -0.1) is 0 Å². The zero-order valence-corrected chi connectivity index (χ0v) is 12.3. The zero-order valence-electron chi connectivity index (χ0n) is 10.7. The van der Waals surface area contributed by atoms with Gasteiger partial charge in [-0.2, -0.15) is 5.10 Å². The number of halogens is 1. The fourth-order valence-electron chi connectivity index (χ4n) is 2.02. The first-order valence-corrected chi connectivity index (χ1v) is 6.37. The van der Waals surface area contributed by atoms with E-state index in [0.29, 0.717) is 5.69 Å².